The van der Waals surface area contributed by atoms with E-state index in [-0.39, 0.29) is 5.41 Å². The predicted molar refractivity (Wildman–Crippen MR) is 117 cm³/mol. The van der Waals surface area contributed by atoms with Gasteiger partial charge in [0.05, 0.1) is 14.2 Å². The number of benzene rings is 2. The fraction of sp³-hybridized carbons (Fsp3) is 0.304. The van der Waals surface area contributed by atoms with Gasteiger partial charge in [0.25, 0.3) is 0 Å². The second kappa shape index (κ2) is 8.82. The van der Waals surface area contributed by atoms with E-state index in [2.05, 4.69) is 59.6 Å². The van der Waals surface area contributed by atoms with Crippen molar-refractivity contribution in [3.8, 4) is 11.5 Å². The molecule has 29 heavy (non-hydrogen) atoms. The number of aromatic nitrogens is 2. The standard InChI is InChI=1S/C23H28N4O2/c1-23(2,3)17-8-6-7-9-18(17)26-21-12-13-24-22(27-21)25-15-16-10-11-19(28-4)20(14-16)29-5/h6-14H,15H2,1-5H3,(H2,24,25,26,27). The number of para-hydroxylation sites is 1. The van der Waals surface area contributed by atoms with Gasteiger partial charge in [-0.05, 0) is 40.8 Å². The van der Waals surface area contributed by atoms with E-state index < -0.39 is 0 Å². The van der Waals surface area contributed by atoms with Crippen molar-refractivity contribution in [2.75, 3.05) is 24.9 Å². The van der Waals surface area contributed by atoms with Crippen LogP contribution in [0.25, 0.3) is 0 Å². The first-order valence-corrected chi connectivity index (χ1v) is 9.55. The van der Waals surface area contributed by atoms with E-state index in [1.807, 2.05) is 30.3 Å². The van der Waals surface area contributed by atoms with Crippen LogP contribution in [0.1, 0.15) is 31.9 Å². The zero-order valence-corrected chi connectivity index (χ0v) is 17.6. The predicted octanol–water partition coefficient (Wildman–Crippen LogP) is 5.15. The van der Waals surface area contributed by atoms with Crippen molar-refractivity contribution in [3.05, 3.63) is 65.9 Å². The Labute approximate surface area is 172 Å². The second-order valence-electron chi connectivity index (χ2n) is 7.73. The fourth-order valence-corrected chi connectivity index (χ4v) is 3.07. The van der Waals surface area contributed by atoms with Crippen LogP contribution < -0.4 is 20.1 Å². The first-order valence-electron chi connectivity index (χ1n) is 9.55. The maximum atomic E-state index is 5.36. The van der Waals surface area contributed by atoms with Gasteiger partial charge in [-0.15, -0.1) is 0 Å². The van der Waals surface area contributed by atoms with Crippen molar-refractivity contribution in [3.63, 3.8) is 0 Å². The van der Waals surface area contributed by atoms with Crippen LogP contribution in [0, 0.1) is 0 Å². The van der Waals surface area contributed by atoms with Gasteiger partial charge in [-0.1, -0.05) is 45.0 Å². The van der Waals surface area contributed by atoms with E-state index in [0.29, 0.717) is 24.0 Å². The quantitative estimate of drug-likeness (QED) is 0.580. The summed E-state index contributed by atoms with van der Waals surface area (Å²) in [5, 5.41) is 6.69. The molecule has 0 saturated heterocycles. The first-order chi connectivity index (χ1) is 13.9. The summed E-state index contributed by atoms with van der Waals surface area (Å²) in [5.41, 5.74) is 3.36. The average molecular weight is 393 g/mol. The number of hydrogen-bond acceptors (Lipinski definition) is 6. The summed E-state index contributed by atoms with van der Waals surface area (Å²) >= 11 is 0. The Morgan fingerprint density at radius 1 is 0.931 bits per heavy atom. The van der Waals surface area contributed by atoms with Crippen molar-refractivity contribution in [1.29, 1.82) is 0 Å². The van der Waals surface area contributed by atoms with Crippen LogP contribution in [-0.4, -0.2) is 24.2 Å². The summed E-state index contributed by atoms with van der Waals surface area (Å²) in [4.78, 5) is 8.92. The number of ether oxygens (including phenoxy) is 2. The Hall–Kier alpha value is -3.28. The van der Waals surface area contributed by atoms with Crippen molar-refractivity contribution in [2.45, 2.75) is 32.7 Å². The minimum atomic E-state index is 0.0329. The molecular weight excluding hydrogens is 364 g/mol. The van der Waals surface area contributed by atoms with Gasteiger partial charge in [0.15, 0.2) is 11.5 Å². The Morgan fingerprint density at radius 3 is 2.41 bits per heavy atom. The summed E-state index contributed by atoms with van der Waals surface area (Å²) in [6, 6.07) is 16.0. The molecule has 2 aromatic carbocycles. The van der Waals surface area contributed by atoms with E-state index >= 15 is 0 Å². The molecule has 6 heteroatoms. The molecule has 1 heterocycles. The molecule has 1 aromatic heterocycles. The number of rotatable bonds is 7. The zero-order valence-electron chi connectivity index (χ0n) is 17.6. The van der Waals surface area contributed by atoms with Crippen LogP contribution in [-0.2, 0) is 12.0 Å². The Kier molecular flexibility index (Phi) is 6.22. The topological polar surface area (TPSA) is 68.3 Å². The highest BCUT2D eigenvalue weighted by Gasteiger charge is 2.17. The number of hydrogen-bond donors (Lipinski definition) is 2. The summed E-state index contributed by atoms with van der Waals surface area (Å²) in [6.07, 6.45) is 1.74. The maximum Gasteiger partial charge on any atom is 0.224 e. The lowest BCUT2D eigenvalue weighted by atomic mass is 9.86. The molecule has 0 saturated carbocycles. The first kappa shape index (κ1) is 20.5. The van der Waals surface area contributed by atoms with Gasteiger partial charge in [0.1, 0.15) is 5.82 Å². The molecule has 0 spiro atoms. The lowest BCUT2D eigenvalue weighted by Crippen LogP contribution is -2.14. The van der Waals surface area contributed by atoms with Gasteiger partial charge in [-0.3, -0.25) is 0 Å². The normalized spacial score (nSPS) is 11.1. The molecule has 0 amide bonds. The second-order valence-corrected chi connectivity index (χ2v) is 7.73. The van der Waals surface area contributed by atoms with E-state index in [0.717, 1.165) is 17.1 Å². The summed E-state index contributed by atoms with van der Waals surface area (Å²) < 4.78 is 10.6. The van der Waals surface area contributed by atoms with Gasteiger partial charge < -0.3 is 20.1 Å². The molecule has 0 bridgehead atoms. The molecule has 0 fully saturated rings. The van der Waals surface area contributed by atoms with Gasteiger partial charge in [0.2, 0.25) is 5.95 Å². The minimum Gasteiger partial charge on any atom is -0.493 e. The Balaban J connectivity index is 1.73. The van der Waals surface area contributed by atoms with Gasteiger partial charge >= 0.3 is 0 Å². The third-order valence-electron chi connectivity index (χ3n) is 4.55. The van der Waals surface area contributed by atoms with Crippen LogP contribution in [0.3, 0.4) is 0 Å². The largest absolute Gasteiger partial charge is 0.493 e. The number of methoxy groups -OCH3 is 2. The number of anilines is 3. The monoisotopic (exact) mass is 392 g/mol. The molecule has 0 radical (unpaired) electrons. The van der Waals surface area contributed by atoms with Gasteiger partial charge in [-0.2, -0.15) is 4.98 Å². The molecule has 152 valence electrons. The minimum absolute atomic E-state index is 0.0329. The van der Waals surface area contributed by atoms with E-state index in [1.165, 1.54) is 5.56 Å². The molecular formula is C23H28N4O2. The molecule has 3 rings (SSSR count). The van der Waals surface area contributed by atoms with Crippen molar-refractivity contribution < 1.29 is 9.47 Å². The molecule has 0 atom stereocenters. The zero-order chi connectivity index (χ0) is 20.9. The summed E-state index contributed by atoms with van der Waals surface area (Å²) in [5.74, 6) is 2.70. The SMILES string of the molecule is COc1ccc(CNc2nccc(Nc3ccccc3C(C)(C)C)n2)cc1OC. The molecule has 6 nitrogen and oxygen atoms in total. The van der Waals surface area contributed by atoms with Crippen LogP contribution in [0.2, 0.25) is 0 Å². The molecule has 0 aliphatic carbocycles. The molecule has 0 aliphatic heterocycles. The fourth-order valence-electron chi connectivity index (χ4n) is 3.07. The van der Waals surface area contributed by atoms with Crippen molar-refractivity contribution >= 4 is 17.5 Å². The average Bonchev–Trinajstić information content (AvgIpc) is 2.72. The lowest BCUT2D eigenvalue weighted by molar-refractivity contribution is 0.354. The number of nitrogens with one attached hydrogen (secondary N) is 2. The molecule has 0 aliphatic rings. The van der Waals surface area contributed by atoms with Crippen molar-refractivity contribution in [2.24, 2.45) is 0 Å². The van der Waals surface area contributed by atoms with E-state index in [4.69, 9.17) is 9.47 Å². The third-order valence-corrected chi connectivity index (χ3v) is 4.55. The van der Waals surface area contributed by atoms with Gasteiger partial charge in [-0.25, -0.2) is 4.98 Å². The highest BCUT2D eigenvalue weighted by Crippen LogP contribution is 2.31. The molecule has 3 aromatic rings. The smallest absolute Gasteiger partial charge is 0.224 e. The Bertz CT molecular complexity index is 967. The molecule has 2 N–H and O–H groups in total. The maximum absolute atomic E-state index is 5.36. The lowest BCUT2D eigenvalue weighted by Gasteiger charge is -2.23. The molecule has 0 unspecified atom stereocenters. The van der Waals surface area contributed by atoms with E-state index in [9.17, 15) is 0 Å². The van der Waals surface area contributed by atoms with E-state index in [1.54, 1.807) is 20.4 Å². The van der Waals surface area contributed by atoms with Crippen LogP contribution >= 0.6 is 0 Å². The van der Waals surface area contributed by atoms with Crippen LogP contribution in [0.15, 0.2) is 54.7 Å². The highest BCUT2D eigenvalue weighted by atomic mass is 16.5. The van der Waals surface area contributed by atoms with Gasteiger partial charge in [0, 0.05) is 18.4 Å². The Morgan fingerprint density at radius 2 is 1.69 bits per heavy atom. The van der Waals surface area contributed by atoms with Crippen molar-refractivity contribution in [1.82, 2.24) is 9.97 Å². The van der Waals surface area contributed by atoms with Crippen LogP contribution in [0.4, 0.5) is 17.5 Å². The third kappa shape index (κ3) is 5.16. The number of nitrogens with zero attached hydrogens (tertiary/aromatic N) is 2. The summed E-state index contributed by atoms with van der Waals surface area (Å²) in [6.45, 7) is 7.17. The summed E-state index contributed by atoms with van der Waals surface area (Å²) in [7, 11) is 3.25. The highest BCUT2D eigenvalue weighted by molar-refractivity contribution is 5.62. The van der Waals surface area contributed by atoms with Crippen LogP contribution in [0.5, 0.6) is 11.5 Å².